The lowest BCUT2D eigenvalue weighted by atomic mass is 10.0. The number of halogens is 4. The van der Waals surface area contributed by atoms with Crippen molar-refractivity contribution in [1.82, 2.24) is 10.2 Å². The Kier molecular flexibility index (Phi) is 10.3. The predicted molar refractivity (Wildman–Crippen MR) is 157 cm³/mol. The lowest BCUT2D eigenvalue weighted by molar-refractivity contribution is -0.140. The number of amides is 2. The van der Waals surface area contributed by atoms with Crippen molar-refractivity contribution in [3.63, 3.8) is 0 Å². The summed E-state index contributed by atoms with van der Waals surface area (Å²) in [6.45, 7) is 4.40. The number of nitrogens with one attached hydrogen (secondary N) is 1. The van der Waals surface area contributed by atoms with Crippen LogP contribution in [0, 0.1) is 0 Å². The van der Waals surface area contributed by atoms with E-state index in [0.29, 0.717) is 15.9 Å². The van der Waals surface area contributed by atoms with Gasteiger partial charge in [0.05, 0.1) is 22.5 Å². The second-order valence-corrected chi connectivity index (χ2v) is 13.2. The van der Waals surface area contributed by atoms with Gasteiger partial charge in [0.15, 0.2) is 0 Å². The van der Waals surface area contributed by atoms with E-state index in [9.17, 15) is 31.2 Å². The fourth-order valence-corrected chi connectivity index (χ4v) is 5.38. The minimum absolute atomic E-state index is 0.0668. The van der Waals surface area contributed by atoms with Gasteiger partial charge in [-0.3, -0.25) is 13.9 Å². The lowest BCUT2D eigenvalue weighted by Gasteiger charge is -2.35. The molecule has 0 radical (unpaired) electrons. The summed E-state index contributed by atoms with van der Waals surface area (Å²) in [5, 5.41) is 2.61. The zero-order chi connectivity index (χ0) is 31.3. The average molecular weight is 624 g/mol. The van der Waals surface area contributed by atoms with Gasteiger partial charge < -0.3 is 10.2 Å². The first-order valence-electron chi connectivity index (χ1n) is 13.0. The Balaban J connectivity index is 2.11. The highest BCUT2D eigenvalue weighted by Crippen LogP contribution is 2.36. The predicted octanol–water partition coefficient (Wildman–Crippen LogP) is 5.68. The van der Waals surface area contributed by atoms with E-state index in [1.165, 1.54) is 4.90 Å². The number of carbonyl (C=O) groups excluding carboxylic acids is 2. The molecule has 0 aliphatic rings. The molecule has 3 rings (SSSR count). The number of rotatable bonds is 10. The average Bonchev–Trinajstić information content (AvgIpc) is 2.88. The van der Waals surface area contributed by atoms with Gasteiger partial charge in [-0.1, -0.05) is 72.3 Å². The van der Waals surface area contributed by atoms with Crippen LogP contribution in [0.5, 0.6) is 0 Å². The van der Waals surface area contributed by atoms with Gasteiger partial charge in [0.1, 0.15) is 12.6 Å². The van der Waals surface area contributed by atoms with Gasteiger partial charge in [0, 0.05) is 18.5 Å². The Morgan fingerprint density at radius 3 is 1.95 bits per heavy atom. The van der Waals surface area contributed by atoms with E-state index in [1.807, 2.05) is 6.07 Å². The Morgan fingerprint density at radius 1 is 0.905 bits per heavy atom. The first-order chi connectivity index (χ1) is 19.5. The second kappa shape index (κ2) is 13.2. The van der Waals surface area contributed by atoms with Crippen LogP contribution in [-0.2, 0) is 38.8 Å². The van der Waals surface area contributed by atoms with Crippen LogP contribution in [0.15, 0.2) is 78.9 Å². The molecule has 0 aliphatic heterocycles. The van der Waals surface area contributed by atoms with Gasteiger partial charge in [0.2, 0.25) is 21.8 Å². The summed E-state index contributed by atoms with van der Waals surface area (Å²) in [5.41, 5.74) is -0.872. The molecular weight excluding hydrogens is 591 g/mol. The Bertz CT molecular complexity index is 1500. The highest BCUT2D eigenvalue weighted by Gasteiger charge is 2.36. The largest absolute Gasteiger partial charge is 0.416 e. The molecule has 1 atom stereocenters. The number of nitrogens with zero attached hydrogens (tertiary/aromatic N) is 2. The highest BCUT2D eigenvalue weighted by atomic mass is 35.5. The number of sulfonamides is 1. The third-order valence-corrected chi connectivity index (χ3v) is 7.63. The van der Waals surface area contributed by atoms with Gasteiger partial charge in [-0.2, -0.15) is 13.2 Å². The van der Waals surface area contributed by atoms with Crippen molar-refractivity contribution in [2.45, 2.75) is 51.5 Å². The number of hydrogen-bond donors (Lipinski definition) is 1. The molecule has 0 bridgehead atoms. The maximum absolute atomic E-state index is 14.0. The monoisotopic (exact) mass is 623 g/mol. The van der Waals surface area contributed by atoms with Crippen molar-refractivity contribution in [1.29, 1.82) is 0 Å². The number of alkyl halides is 3. The summed E-state index contributed by atoms with van der Waals surface area (Å²) >= 11 is 6.17. The molecular formula is C30H33ClF3N3O4S. The van der Waals surface area contributed by atoms with Crippen LogP contribution in [0.3, 0.4) is 0 Å². The standard InChI is InChI=1S/C30H33ClF3N3O4S/c1-29(2,3)35-28(39)26(17-21-11-7-5-8-12-21)36(19-22-13-9-6-10-14-22)27(38)20-37(42(4,40)41)25-18-23(30(32,33)34)15-16-24(25)31/h5-16,18,26H,17,19-20H2,1-4H3,(H,35,39). The van der Waals surface area contributed by atoms with Gasteiger partial charge in [-0.05, 0) is 50.1 Å². The van der Waals surface area contributed by atoms with Crippen molar-refractivity contribution in [3.05, 3.63) is 101 Å². The molecule has 0 saturated heterocycles. The van der Waals surface area contributed by atoms with Gasteiger partial charge >= 0.3 is 6.18 Å². The fraction of sp³-hybridized carbons (Fsp3) is 0.333. The molecule has 226 valence electrons. The molecule has 7 nitrogen and oxygen atoms in total. The van der Waals surface area contributed by atoms with Crippen LogP contribution >= 0.6 is 11.6 Å². The first-order valence-corrected chi connectivity index (χ1v) is 15.2. The van der Waals surface area contributed by atoms with Crippen molar-refractivity contribution in [2.24, 2.45) is 0 Å². The quantitative estimate of drug-likeness (QED) is 0.315. The van der Waals surface area contributed by atoms with Crippen LogP contribution in [0.2, 0.25) is 5.02 Å². The number of carbonyl (C=O) groups is 2. The number of anilines is 1. The third-order valence-electron chi connectivity index (χ3n) is 6.19. The molecule has 42 heavy (non-hydrogen) atoms. The number of hydrogen-bond acceptors (Lipinski definition) is 4. The zero-order valence-corrected chi connectivity index (χ0v) is 25.2. The maximum Gasteiger partial charge on any atom is 0.416 e. The Labute approximate surface area is 249 Å². The van der Waals surface area contributed by atoms with E-state index in [1.54, 1.807) is 75.4 Å². The minimum atomic E-state index is -4.78. The minimum Gasteiger partial charge on any atom is -0.350 e. The second-order valence-electron chi connectivity index (χ2n) is 10.9. The molecule has 0 fully saturated rings. The molecule has 3 aromatic carbocycles. The Hall–Kier alpha value is -3.57. The highest BCUT2D eigenvalue weighted by molar-refractivity contribution is 7.92. The van der Waals surface area contributed by atoms with Gasteiger partial charge in [-0.15, -0.1) is 0 Å². The van der Waals surface area contributed by atoms with Gasteiger partial charge in [-0.25, -0.2) is 8.42 Å². The van der Waals surface area contributed by atoms with Crippen LogP contribution in [-0.4, -0.2) is 49.5 Å². The van der Waals surface area contributed by atoms with Crippen molar-refractivity contribution in [3.8, 4) is 0 Å². The molecule has 0 aromatic heterocycles. The lowest BCUT2D eigenvalue weighted by Crippen LogP contribution is -2.56. The summed E-state index contributed by atoms with van der Waals surface area (Å²) in [4.78, 5) is 29.0. The molecule has 0 spiro atoms. The van der Waals surface area contributed by atoms with Crippen LogP contribution < -0.4 is 9.62 Å². The molecule has 3 aromatic rings. The summed E-state index contributed by atoms with van der Waals surface area (Å²) in [7, 11) is -4.30. The molecule has 12 heteroatoms. The van der Waals surface area contributed by atoms with Crippen LogP contribution in [0.25, 0.3) is 0 Å². The Morgan fingerprint density at radius 2 is 1.45 bits per heavy atom. The van der Waals surface area contributed by atoms with E-state index in [2.05, 4.69) is 5.32 Å². The zero-order valence-electron chi connectivity index (χ0n) is 23.7. The van der Waals surface area contributed by atoms with Crippen LogP contribution in [0.1, 0.15) is 37.5 Å². The van der Waals surface area contributed by atoms with E-state index in [0.717, 1.165) is 24.0 Å². The summed E-state index contributed by atoms with van der Waals surface area (Å²) < 4.78 is 66.8. The molecule has 1 N–H and O–H groups in total. The van der Waals surface area contributed by atoms with Crippen molar-refractivity contribution < 1.29 is 31.2 Å². The number of benzene rings is 3. The first kappa shape index (κ1) is 32.9. The smallest absolute Gasteiger partial charge is 0.350 e. The van der Waals surface area contributed by atoms with Crippen LogP contribution in [0.4, 0.5) is 18.9 Å². The van der Waals surface area contributed by atoms with E-state index in [4.69, 9.17) is 11.6 Å². The fourth-order valence-electron chi connectivity index (χ4n) is 4.26. The molecule has 0 saturated carbocycles. The molecule has 2 amide bonds. The third kappa shape index (κ3) is 9.22. The van der Waals surface area contributed by atoms with Gasteiger partial charge in [0.25, 0.3) is 0 Å². The summed E-state index contributed by atoms with van der Waals surface area (Å²) in [6.07, 6.45) is -3.91. The topological polar surface area (TPSA) is 86.8 Å². The molecule has 0 heterocycles. The molecule has 1 unspecified atom stereocenters. The van der Waals surface area contributed by atoms with E-state index < -0.39 is 57.4 Å². The summed E-state index contributed by atoms with van der Waals surface area (Å²) in [6, 6.07) is 18.9. The van der Waals surface area contributed by atoms with Crippen molar-refractivity contribution in [2.75, 3.05) is 17.1 Å². The summed E-state index contributed by atoms with van der Waals surface area (Å²) in [5.74, 6) is -1.28. The van der Waals surface area contributed by atoms with Crippen molar-refractivity contribution >= 4 is 39.1 Å². The van der Waals surface area contributed by atoms with E-state index >= 15 is 0 Å². The van der Waals surface area contributed by atoms with E-state index in [-0.39, 0.29) is 18.0 Å². The normalized spacial score (nSPS) is 12.9. The molecule has 0 aliphatic carbocycles. The maximum atomic E-state index is 14.0. The SMILES string of the molecule is CC(C)(C)NC(=O)C(Cc1ccccc1)N(Cc1ccccc1)C(=O)CN(c1cc(C(F)(F)F)ccc1Cl)S(C)(=O)=O.